The van der Waals surface area contributed by atoms with E-state index in [1.165, 1.54) is 4.31 Å². The fourth-order valence-corrected chi connectivity index (χ4v) is 4.08. The first kappa shape index (κ1) is 9.43. The fraction of sp³-hybridized carbons (Fsp3) is 1.00. The first-order valence-corrected chi connectivity index (χ1v) is 6.40. The van der Waals surface area contributed by atoms with Crippen molar-refractivity contribution in [2.75, 3.05) is 12.3 Å². The molecule has 2 rings (SSSR count). The second-order valence-electron chi connectivity index (χ2n) is 3.85. The summed E-state index contributed by atoms with van der Waals surface area (Å²) in [5.41, 5.74) is 0. The molecule has 1 aliphatic heterocycles. The van der Waals surface area contributed by atoms with Gasteiger partial charge in [-0.1, -0.05) is 0 Å². The van der Waals surface area contributed by atoms with Crippen molar-refractivity contribution < 1.29 is 13.5 Å². The lowest BCUT2D eigenvalue weighted by atomic mass is 10.2. The third-order valence-corrected chi connectivity index (χ3v) is 4.92. The highest BCUT2D eigenvalue weighted by Gasteiger charge is 2.39. The van der Waals surface area contributed by atoms with E-state index >= 15 is 0 Å². The Morgan fingerprint density at radius 3 is 2.46 bits per heavy atom. The van der Waals surface area contributed by atoms with Crippen molar-refractivity contribution in [3.05, 3.63) is 0 Å². The summed E-state index contributed by atoms with van der Waals surface area (Å²) in [7, 11) is -3.03. The lowest BCUT2D eigenvalue weighted by molar-refractivity contribution is 0.117. The standard InChI is InChI=1S/C8H15NO3S/c10-8-4-1-3-7(8)9-5-2-6-13(9,11)12/h7-8,10H,1-6H2. The first-order chi connectivity index (χ1) is 6.11. The van der Waals surface area contributed by atoms with Gasteiger partial charge in [-0.3, -0.25) is 0 Å². The Kier molecular flexibility index (Phi) is 2.33. The average Bonchev–Trinajstić information content (AvgIpc) is 2.56. The van der Waals surface area contributed by atoms with Crippen LogP contribution in [0.5, 0.6) is 0 Å². The molecule has 0 bridgehead atoms. The van der Waals surface area contributed by atoms with Crippen molar-refractivity contribution in [2.24, 2.45) is 0 Å². The molecule has 5 heteroatoms. The lowest BCUT2D eigenvalue weighted by Gasteiger charge is -2.24. The van der Waals surface area contributed by atoms with Crippen LogP contribution in [0.25, 0.3) is 0 Å². The van der Waals surface area contributed by atoms with Crippen LogP contribution in [0, 0.1) is 0 Å². The Morgan fingerprint density at radius 1 is 1.23 bits per heavy atom. The molecule has 13 heavy (non-hydrogen) atoms. The minimum atomic E-state index is -3.03. The maximum absolute atomic E-state index is 11.5. The quantitative estimate of drug-likeness (QED) is 0.652. The molecule has 0 amide bonds. The van der Waals surface area contributed by atoms with Gasteiger partial charge >= 0.3 is 0 Å². The van der Waals surface area contributed by atoms with Crippen LogP contribution >= 0.6 is 0 Å². The number of sulfonamides is 1. The number of rotatable bonds is 1. The van der Waals surface area contributed by atoms with Gasteiger partial charge in [0.2, 0.25) is 10.0 Å². The highest BCUT2D eigenvalue weighted by molar-refractivity contribution is 7.89. The topological polar surface area (TPSA) is 57.6 Å². The van der Waals surface area contributed by atoms with Crippen LogP contribution < -0.4 is 0 Å². The Bertz CT molecular complexity index is 288. The maximum Gasteiger partial charge on any atom is 0.214 e. The number of hydrogen-bond acceptors (Lipinski definition) is 3. The first-order valence-electron chi connectivity index (χ1n) is 4.79. The van der Waals surface area contributed by atoms with Crippen molar-refractivity contribution in [2.45, 2.75) is 37.8 Å². The molecule has 1 N–H and O–H groups in total. The predicted octanol–water partition coefficient (Wildman–Crippen LogP) is -0.0647. The van der Waals surface area contributed by atoms with Gasteiger partial charge in [-0.15, -0.1) is 0 Å². The third-order valence-electron chi connectivity index (χ3n) is 2.95. The zero-order valence-electron chi connectivity index (χ0n) is 7.52. The highest BCUT2D eigenvalue weighted by atomic mass is 32.2. The molecule has 0 aromatic rings. The molecule has 2 aliphatic rings. The van der Waals surface area contributed by atoms with E-state index in [1.807, 2.05) is 0 Å². The van der Waals surface area contributed by atoms with Gasteiger partial charge in [-0.2, -0.15) is 4.31 Å². The second-order valence-corrected chi connectivity index (χ2v) is 5.89. The predicted molar refractivity (Wildman–Crippen MR) is 48.8 cm³/mol. The average molecular weight is 205 g/mol. The molecule has 1 saturated heterocycles. The summed E-state index contributed by atoms with van der Waals surface area (Å²) in [6.07, 6.45) is 2.79. The molecule has 4 nitrogen and oxygen atoms in total. The van der Waals surface area contributed by atoms with Crippen molar-refractivity contribution in [3.63, 3.8) is 0 Å². The zero-order chi connectivity index (χ0) is 9.47. The molecule has 1 saturated carbocycles. The van der Waals surface area contributed by atoms with E-state index in [9.17, 15) is 13.5 Å². The smallest absolute Gasteiger partial charge is 0.214 e. The van der Waals surface area contributed by atoms with Crippen molar-refractivity contribution in [3.8, 4) is 0 Å². The van der Waals surface area contributed by atoms with Crippen LogP contribution in [0.3, 0.4) is 0 Å². The molecule has 2 atom stereocenters. The summed E-state index contributed by atoms with van der Waals surface area (Å²) < 4.78 is 24.5. The van der Waals surface area contributed by atoms with E-state index < -0.39 is 16.1 Å². The summed E-state index contributed by atoms with van der Waals surface area (Å²) in [4.78, 5) is 0. The Hall–Kier alpha value is -0.130. The van der Waals surface area contributed by atoms with Crippen LogP contribution in [0.2, 0.25) is 0 Å². The van der Waals surface area contributed by atoms with E-state index in [1.54, 1.807) is 0 Å². The van der Waals surface area contributed by atoms with Crippen molar-refractivity contribution >= 4 is 10.0 Å². The monoisotopic (exact) mass is 205 g/mol. The highest BCUT2D eigenvalue weighted by Crippen LogP contribution is 2.29. The van der Waals surface area contributed by atoms with Gasteiger partial charge in [-0.25, -0.2) is 8.42 Å². The van der Waals surface area contributed by atoms with E-state index in [0.717, 1.165) is 19.3 Å². The van der Waals surface area contributed by atoms with Crippen LogP contribution in [-0.4, -0.2) is 42.3 Å². The largest absolute Gasteiger partial charge is 0.391 e. The van der Waals surface area contributed by atoms with Gasteiger partial charge in [0.05, 0.1) is 17.9 Å². The minimum absolute atomic E-state index is 0.132. The number of nitrogens with zero attached hydrogens (tertiary/aromatic N) is 1. The van der Waals surface area contributed by atoms with E-state index in [2.05, 4.69) is 0 Å². The van der Waals surface area contributed by atoms with Crippen LogP contribution in [0.15, 0.2) is 0 Å². The summed E-state index contributed by atoms with van der Waals surface area (Å²) in [6.45, 7) is 0.601. The van der Waals surface area contributed by atoms with Gasteiger partial charge in [0, 0.05) is 6.54 Å². The molecule has 0 spiro atoms. The van der Waals surface area contributed by atoms with E-state index in [-0.39, 0.29) is 11.8 Å². The molecule has 1 heterocycles. The maximum atomic E-state index is 11.5. The van der Waals surface area contributed by atoms with E-state index in [4.69, 9.17) is 0 Å². The molecule has 2 unspecified atom stereocenters. The van der Waals surface area contributed by atoms with Crippen LogP contribution in [-0.2, 0) is 10.0 Å². The number of aliphatic hydroxyl groups is 1. The zero-order valence-corrected chi connectivity index (χ0v) is 8.33. The van der Waals surface area contributed by atoms with Gasteiger partial charge in [0.1, 0.15) is 0 Å². The second kappa shape index (κ2) is 3.22. The molecule has 76 valence electrons. The SMILES string of the molecule is O=S1(=O)CCCN1C1CCCC1O. The summed E-state index contributed by atoms with van der Waals surface area (Å²) in [5.74, 6) is 0.260. The molecule has 0 aromatic carbocycles. The summed E-state index contributed by atoms with van der Waals surface area (Å²) in [6, 6.07) is -0.132. The molecular weight excluding hydrogens is 190 g/mol. The molecular formula is C8H15NO3S. The van der Waals surface area contributed by atoms with Gasteiger partial charge in [-0.05, 0) is 25.7 Å². The van der Waals surface area contributed by atoms with Gasteiger partial charge in [0.25, 0.3) is 0 Å². The minimum Gasteiger partial charge on any atom is -0.391 e. The fourth-order valence-electron chi connectivity index (χ4n) is 2.29. The molecule has 0 radical (unpaired) electrons. The number of aliphatic hydroxyl groups excluding tert-OH is 1. The van der Waals surface area contributed by atoms with Crippen LogP contribution in [0.4, 0.5) is 0 Å². The Morgan fingerprint density at radius 2 is 2.00 bits per heavy atom. The Balaban J connectivity index is 2.16. The number of hydrogen-bond donors (Lipinski definition) is 1. The molecule has 1 aliphatic carbocycles. The van der Waals surface area contributed by atoms with Crippen molar-refractivity contribution in [1.29, 1.82) is 0 Å². The Labute approximate surface area is 78.6 Å². The van der Waals surface area contributed by atoms with Crippen LogP contribution in [0.1, 0.15) is 25.7 Å². The summed E-state index contributed by atoms with van der Waals surface area (Å²) >= 11 is 0. The lowest BCUT2D eigenvalue weighted by Crippen LogP contribution is -2.41. The summed E-state index contributed by atoms with van der Waals surface area (Å²) in [5, 5.41) is 9.58. The normalized spacial score (nSPS) is 39.8. The third kappa shape index (κ3) is 1.60. The van der Waals surface area contributed by atoms with Crippen molar-refractivity contribution in [1.82, 2.24) is 4.31 Å². The molecule has 0 aromatic heterocycles. The molecule has 2 fully saturated rings. The van der Waals surface area contributed by atoms with E-state index in [0.29, 0.717) is 13.0 Å². The van der Waals surface area contributed by atoms with Gasteiger partial charge < -0.3 is 5.11 Å². The van der Waals surface area contributed by atoms with Gasteiger partial charge in [0.15, 0.2) is 0 Å².